The molecule has 0 spiro atoms. The van der Waals surface area contributed by atoms with E-state index in [0.29, 0.717) is 23.4 Å². The Bertz CT molecular complexity index is 1090. The van der Waals surface area contributed by atoms with Crippen LogP contribution < -0.4 is 10.6 Å². The summed E-state index contributed by atoms with van der Waals surface area (Å²) >= 11 is 0. The highest BCUT2D eigenvalue weighted by Gasteiger charge is 2.25. The minimum Gasteiger partial charge on any atom is -0.391 e. The number of anilines is 1. The van der Waals surface area contributed by atoms with E-state index in [9.17, 15) is 19.5 Å². The number of carbonyl (C=O) groups is 3. The molecule has 2 aromatic carbocycles. The molecule has 9 nitrogen and oxygen atoms in total. The summed E-state index contributed by atoms with van der Waals surface area (Å²) in [6.45, 7) is 2.57. The number of nitrogens with one attached hydrogen (secondary N) is 2. The molecule has 36 heavy (non-hydrogen) atoms. The molecule has 0 aliphatic carbocycles. The fraction of sp³-hybridized carbons (Fsp3) is 0.370. The molecular formula is C27H34N4O5. The van der Waals surface area contributed by atoms with E-state index >= 15 is 0 Å². The van der Waals surface area contributed by atoms with Crippen molar-refractivity contribution in [3.8, 4) is 11.8 Å². The van der Waals surface area contributed by atoms with E-state index in [1.165, 1.54) is 6.92 Å². The number of likely N-dealkylation sites (N-methyl/N-ethyl adjacent to an activating group) is 2. The van der Waals surface area contributed by atoms with E-state index in [0.717, 1.165) is 18.7 Å². The second-order valence-corrected chi connectivity index (χ2v) is 8.81. The highest BCUT2D eigenvalue weighted by atomic mass is 16.3. The van der Waals surface area contributed by atoms with Crippen LogP contribution in [0.4, 0.5) is 5.69 Å². The van der Waals surface area contributed by atoms with Gasteiger partial charge in [0.05, 0.1) is 12.6 Å². The average Bonchev–Trinajstić information content (AvgIpc) is 2.85. The first-order chi connectivity index (χ1) is 17.1. The van der Waals surface area contributed by atoms with Crippen molar-refractivity contribution >= 4 is 23.3 Å². The maximum Gasteiger partial charge on any atom is 0.251 e. The number of carbonyl (C=O) groups excluding carboxylic acids is 3. The fourth-order valence-electron chi connectivity index (χ4n) is 3.17. The zero-order chi connectivity index (χ0) is 26.7. The first-order valence-corrected chi connectivity index (χ1v) is 11.6. The Morgan fingerprint density at radius 2 is 1.47 bits per heavy atom. The average molecular weight is 495 g/mol. The SMILES string of the molecule is C[C@@H](O)[C@H](NC(=O)c1ccc(C#Cc2ccc(NC(=O)CN(C)CCN(C)C)cc2)cc1)C(=O)CO. The molecule has 0 fully saturated rings. The molecule has 0 saturated heterocycles. The minimum atomic E-state index is -1.18. The highest BCUT2D eigenvalue weighted by molar-refractivity contribution is 5.98. The van der Waals surface area contributed by atoms with Gasteiger partial charge in [-0.15, -0.1) is 0 Å². The third-order valence-corrected chi connectivity index (χ3v) is 5.28. The normalized spacial score (nSPS) is 12.4. The van der Waals surface area contributed by atoms with Gasteiger partial charge in [0.25, 0.3) is 5.91 Å². The van der Waals surface area contributed by atoms with Crippen LogP contribution in [-0.2, 0) is 9.59 Å². The van der Waals surface area contributed by atoms with Gasteiger partial charge < -0.3 is 25.7 Å². The number of hydrogen-bond acceptors (Lipinski definition) is 7. The minimum absolute atomic E-state index is 0.0836. The first kappa shape index (κ1) is 28.7. The lowest BCUT2D eigenvalue weighted by Gasteiger charge is -2.19. The Hall–Kier alpha value is -3.55. The molecule has 9 heteroatoms. The fourth-order valence-corrected chi connectivity index (χ4v) is 3.17. The number of aliphatic hydroxyl groups is 2. The van der Waals surface area contributed by atoms with Crippen LogP contribution in [0, 0.1) is 11.8 Å². The molecule has 2 rings (SSSR count). The second kappa shape index (κ2) is 14.1. The second-order valence-electron chi connectivity index (χ2n) is 8.81. The van der Waals surface area contributed by atoms with E-state index in [1.54, 1.807) is 36.4 Å². The van der Waals surface area contributed by atoms with Crippen LogP contribution >= 0.6 is 0 Å². The Balaban J connectivity index is 1.93. The van der Waals surface area contributed by atoms with Gasteiger partial charge in [-0.05, 0) is 76.6 Å². The quantitative estimate of drug-likeness (QED) is 0.337. The molecule has 4 N–H and O–H groups in total. The summed E-state index contributed by atoms with van der Waals surface area (Å²) < 4.78 is 0. The van der Waals surface area contributed by atoms with Crippen molar-refractivity contribution in [3.63, 3.8) is 0 Å². The molecular weight excluding hydrogens is 460 g/mol. The number of amides is 2. The van der Waals surface area contributed by atoms with Crippen molar-refractivity contribution < 1.29 is 24.6 Å². The molecule has 2 atom stereocenters. The van der Waals surface area contributed by atoms with Gasteiger partial charge in [-0.2, -0.15) is 0 Å². The molecule has 0 bridgehead atoms. The molecule has 0 aromatic heterocycles. The zero-order valence-electron chi connectivity index (χ0n) is 21.1. The highest BCUT2D eigenvalue weighted by Crippen LogP contribution is 2.10. The molecule has 0 heterocycles. The van der Waals surface area contributed by atoms with Crippen LogP contribution in [0.5, 0.6) is 0 Å². The lowest BCUT2D eigenvalue weighted by atomic mass is 10.1. The van der Waals surface area contributed by atoms with Crippen molar-refractivity contribution in [2.75, 3.05) is 52.7 Å². The summed E-state index contributed by atoms with van der Waals surface area (Å²) in [6, 6.07) is 12.5. The predicted octanol–water partition coefficient (Wildman–Crippen LogP) is 0.559. The maximum absolute atomic E-state index is 12.4. The third kappa shape index (κ3) is 9.60. The van der Waals surface area contributed by atoms with Gasteiger partial charge in [-0.1, -0.05) is 11.8 Å². The largest absolute Gasteiger partial charge is 0.391 e. The molecule has 0 aliphatic rings. The molecule has 2 amide bonds. The number of ketones is 1. The zero-order valence-corrected chi connectivity index (χ0v) is 21.1. The van der Waals surface area contributed by atoms with Gasteiger partial charge in [0.2, 0.25) is 5.91 Å². The van der Waals surface area contributed by atoms with Gasteiger partial charge >= 0.3 is 0 Å². The lowest BCUT2D eigenvalue weighted by molar-refractivity contribution is -0.126. The lowest BCUT2D eigenvalue weighted by Crippen LogP contribution is -2.48. The molecule has 2 aromatic rings. The van der Waals surface area contributed by atoms with E-state index in [2.05, 4.69) is 27.4 Å². The molecule has 0 saturated carbocycles. The summed E-state index contributed by atoms with van der Waals surface area (Å²) in [5.41, 5.74) is 2.44. The summed E-state index contributed by atoms with van der Waals surface area (Å²) in [5, 5.41) is 24.0. The first-order valence-electron chi connectivity index (χ1n) is 11.6. The molecule has 0 aliphatic heterocycles. The van der Waals surface area contributed by atoms with E-state index in [-0.39, 0.29) is 5.91 Å². The maximum atomic E-state index is 12.4. The number of rotatable bonds is 11. The van der Waals surface area contributed by atoms with Gasteiger partial charge in [0.15, 0.2) is 5.78 Å². The Kier molecular flexibility index (Phi) is 11.2. The topological polar surface area (TPSA) is 122 Å². The van der Waals surface area contributed by atoms with Crippen molar-refractivity contribution in [1.82, 2.24) is 15.1 Å². The monoisotopic (exact) mass is 494 g/mol. The van der Waals surface area contributed by atoms with Gasteiger partial charge in [0.1, 0.15) is 12.6 Å². The third-order valence-electron chi connectivity index (χ3n) is 5.28. The van der Waals surface area contributed by atoms with Crippen molar-refractivity contribution in [2.45, 2.75) is 19.1 Å². The van der Waals surface area contributed by atoms with Crippen molar-refractivity contribution in [3.05, 3.63) is 65.2 Å². The predicted molar refractivity (Wildman–Crippen MR) is 139 cm³/mol. The van der Waals surface area contributed by atoms with E-state index in [4.69, 9.17) is 5.11 Å². The number of hydrogen-bond donors (Lipinski definition) is 4. The standard InChI is InChI=1S/C27H34N4O5/c1-19(33)26(24(34)18-32)29-27(36)22-11-7-20(8-12-22)5-6-21-9-13-23(14-10-21)28-25(35)17-31(4)16-15-30(2)3/h7-14,19,26,32-33H,15-18H2,1-4H3,(H,28,35)(H,29,36)/t19-,26+/m1/s1. The van der Waals surface area contributed by atoms with Crippen LogP contribution in [0.3, 0.4) is 0 Å². The molecule has 0 unspecified atom stereocenters. The van der Waals surface area contributed by atoms with Gasteiger partial charge in [-0.3, -0.25) is 19.3 Å². The smallest absolute Gasteiger partial charge is 0.251 e. The number of nitrogens with zero attached hydrogens (tertiary/aromatic N) is 2. The van der Waals surface area contributed by atoms with Crippen LogP contribution in [-0.4, -0.2) is 97.1 Å². The molecule has 0 radical (unpaired) electrons. The Morgan fingerprint density at radius 1 is 0.917 bits per heavy atom. The number of aliphatic hydroxyl groups excluding tert-OH is 2. The van der Waals surface area contributed by atoms with E-state index in [1.807, 2.05) is 38.2 Å². The van der Waals surface area contributed by atoms with E-state index < -0.39 is 30.4 Å². The molecule has 192 valence electrons. The van der Waals surface area contributed by atoms with Gasteiger partial charge in [0, 0.05) is 35.5 Å². The van der Waals surface area contributed by atoms with Crippen LogP contribution in [0.1, 0.15) is 28.4 Å². The summed E-state index contributed by atoms with van der Waals surface area (Å²) in [6.07, 6.45) is -1.13. The number of Topliss-reactive ketones (excluding diaryl/α,β-unsaturated/α-hetero) is 1. The summed E-state index contributed by atoms with van der Waals surface area (Å²) in [5.74, 6) is 4.76. The van der Waals surface area contributed by atoms with Gasteiger partial charge in [-0.25, -0.2) is 0 Å². The van der Waals surface area contributed by atoms with Crippen molar-refractivity contribution in [1.29, 1.82) is 0 Å². The Labute approximate surface area is 212 Å². The van der Waals surface area contributed by atoms with Crippen molar-refractivity contribution in [2.24, 2.45) is 0 Å². The van der Waals surface area contributed by atoms with Crippen LogP contribution in [0.15, 0.2) is 48.5 Å². The summed E-state index contributed by atoms with van der Waals surface area (Å²) in [4.78, 5) is 40.3. The van der Waals surface area contributed by atoms with Crippen LogP contribution in [0.25, 0.3) is 0 Å². The van der Waals surface area contributed by atoms with Crippen LogP contribution in [0.2, 0.25) is 0 Å². The number of benzene rings is 2. The Morgan fingerprint density at radius 3 is 1.97 bits per heavy atom. The summed E-state index contributed by atoms with van der Waals surface area (Å²) in [7, 11) is 5.89.